The van der Waals surface area contributed by atoms with Crippen LogP contribution in [0.15, 0.2) is 63.2 Å². The second-order valence-electron chi connectivity index (χ2n) is 6.83. The number of hydrogen-bond donors (Lipinski definition) is 1. The van der Waals surface area contributed by atoms with Gasteiger partial charge < -0.3 is 13.9 Å². The summed E-state index contributed by atoms with van der Waals surface area (Å²) in [4.78, 5) is 20.1. The maximum atomic E-state index is 10.7. The number of nitro benzene ring substituents is 1. The molecule has 1 N–H and O–H groups in total. The van der Waals surface area contributed by atoms with Gasteiger partial charge >= 0.3 is 5.76 Å². The van der Waals surface area contributed by atoms with Gasteiger partial charge in [-0.15, -0.1) is 10.2 Å². The van der Waals surface area contributed by atoms with Crippen LogP contribution in [0.3, 0.4) is 0 Å². The Morgan fingerprint density at radius 1 is 1.28 bits per heavy atom. The number of nitrogens with one attached hydrogen (secondary N) is 1. The number of benzene rings is 2. The van der Waals surface area contributed by atoms with Crippen molar-refractivity contribution in [2.75, 3.05) is 6.73 Å². The zero-order valence-corrected chi connectivity index (χ0v) is 18.0. The Hall–Kier alpha value is -3.86. The Balaban J connectivity index is 0.000000416. The highest BCUT2D eigenvalue weighted by atomic mass is 35.5. The molecule has 0 bridgehead atoms. The Morgan fingerprint density at radius 2 is 2.03 bits per heavy atom. The summed E-state index contributed by atoms with van der Waals surface area (Å²) in [5, 5.41) is 22.6. The van der Waals surface area contributed by atoms with Gasteiger partial charge in [-0.2, -0.15) is 0 Å². The summed E-state index contributed by atoms with van der Waals surface area (Å²) < 4.78 is 15.4. The van der Waals surface area contributed by atoms with Crippen molar-refractivity contribution < 1.29 is 18.8 Å². The van der Waals surface area contributed by atoms with Crippen LogP contribution in [0.5, 0.6) is 5.75 Å². The molecule has 2 aromatic carbocycles. The first-order chi connectivity index (χ1) is 15.3. The van der Waals surface area contributed by atoms with E-state index in [1.165, 1.54) is 12.1 Å². The lowest BCUT2D eigenvalue weighted by molar-refractivity contribution is -0.384. The minimum absolute atomic E-state index is 0.0376. The van der Waals surface area contributed by atoms with Gasteiger partial charge in [-0.05, 0) is 37.6 Å². The van der Waals surface area contributed by atoms with Crippen molar-refractivity contribution in [1.29, 1.82) is 0 Å². The average molecular weight is 462 g/mol. The molecule has 0 atom stereocenters. The minimum atomic E-state index is -0.519. The van der Waals surface area contributed by atoms with E-state index in [2.05, 4.69) is 14.6 Å². The molecule has 1 aliphatic heterocycles. The van der Waals surface area contributed by atoms with E-state index in [4.69, 9.17) is 21.1 Å². The van der Waals surface area contributed by atoms with Crippen LogP contribution in [0.1, 0.15) is 25.0 Å². The minimum Gasteiger partial charge on any atom is -0.489 e. The fourth-order valence-electron chi connectivity index (χ4n) is 2.64. The number of H-pyrrole nitrogens is 1. The second kappa shape index (κ2) is 10.4. The second-order valence-corrected chi connectivity index (χ2v) is 7.24. The fraction of sp³-hybridized carbons (Fsp3) is 0.250. The van der Waals surface area contributed by atoms with Crippen LogP contribution in [0.4, 0.5) is 5.69 Å². The maximum Gasteiger partial charge on any atom is 0.434 e. The van der Waals surface area contributed by atoms with E-state index in [0.29, 0.717) is 29.9 Å². The first-order valence-electron chi connectivity index (χ1n) is 9.46. The molecule has 1 aliphatic rings. The van der Waals surface area contributed by atoms with Gasteiger partial charge in [0, 0.05) is 17.7 Å². The fourth-order valence-corrected chi connectivity index (χ4v) is 2.87. The molecule has 2 heterocycles. The molecule has 12 heteroatoms. The molecule has 32 heavy (non-hydrogen) atoms. The molecule has 0 radical (unpaired) electrons. The van der Waals surface area contributed by atoms with Crippen molar-refractivity contribution in [3.05, 3.63) is 85.7 Å². The number of hydrazone groups is 1. The lowest BCUT2D eigenvalue weighted by atomic mass is 10.2. The Labute approximate surface area is 187 Å². The average Bonchev–Trinajstić information content (AvgIpc) is 3.42. The molecule has 0 amide bonds. The molecule has 0 saturated carbocycles. The SMILES string of the molecule is CC(C)Oc1ccc(C2=NN(Cc3ccc([N+](=O)[O-])cc3)CO2)cc1Cl.O=c1[nH]nco1. The van der Waals surface area contributed by atoms with Crippen molar-refractivity contribution in [3.63, 3.8) is 0 Å². The number of nitrogens with zero attached hydrogens (tertiary/aromatic N) is 4. The van der Waals surface area contributed by atoms with Gasteiger partial charge in [-0.1, -0.05) is 23.7 Å². The van der Waals surface area contributed by atoms with Gasteiger partial charge in [0.05, 0.1) is 22.6 Å². The summed E-state index contributed by atoms with van der Waals surface area (Å²) >= 11 is 6.25. The molecular formula is C20H20ClN5O6. The van der Waals surface area contributed by atoms with E-state index in [0.717, 1.165) is 17.5 Å². The topological polar surface area (TPSA) is 136 Å². The van der Waals surface area contributed by atoms with Gasteiger partial charge in [-0.25, -0.2) is 9.89 Å². The Bertz CT molecular complexity index is 1130. The normalized spacial score (nSPS) is 12.6. The third kappa shape index (κ3) is 6.32. The molecule has 0 aliphatic carbocycles. The molecule has 11 nitrogen and oxygen atoms in total. The number of aromatic amines is 1. The van der Waals surface area contributed by atoms with Gasteiger partial charge in [0.15, 0.2) is 6.73 Å². The highest BCUT2D eigenvalue weighted by molar-refractivity contribution is 6.32. The van der Waals surface area contributed by atoms with Crippen molar-refractivity contribution in [1.82, 2.24) is 15.2 Å². The molecule has 0 unspecified atom stereocenters. The monoisotopic (exact) mass is 461 g/mol. The quantitative estimate of drug-likeness (QED) is 0.434. The van der Waals surface area contributed by atoms with Gasteiger partial charge in [-0.3, -0.25) is 15.1 Å². The van der Waals surface area contributed by atoms with Crippen LogP contribution >= 0.6 is 11.6 Å². The number of nitro groups is 1. The summed E-state index contributed by atoms with van der Waals surface area (Å²) in [6, 6.07) is 11.8. The van der Waals surface area contributed by atoms with E-state index < -0.39 is 10.7 Å². The van der Waals surface area contributed by atoms with Gasteiger partial charge in [0.2, 0.25) is 12.3 Å². The summed E-state index contributed by atoms with van der Waals surface area (Å²) in [5.74, 6) is 0.576. The van der Waals surface area contributed by atoms with E-state index in [9.17, 15) is 14.9 Å². The molecule has 0 spiro atoms. The summed E-state index contributed by atoms with van der Waals surface area (Å²) in [5.41, 5.74) is 1.73. The lowest BCUT2D eigenvalue weighted by Gasteiger charge is -2.11. The number of hydrogen-bond acceptors (Lipinski definition) is 9. The van der Waals surface area contributed by atoms with E-state index >= 15 is 0 Å². The Morgan fingerprint density at radius 3 is 2.56 bits per heavy atom. The molecule has 1 aromatic heterocycles. The van der Waals surface area contributed by atoms with Crippen molar-refractivity contribution >= 4 is 23.2 Å². The molecule has 0 fully saturated rings. The van der Waals surface area contributed by atoms with E-state index in [-0.39, 0.29) is 11.8 Å². The Kier molecular flexibility index (Phi) is 7.45. The van der Waals surface area contributed by atoms with Crippen molar-refractivity contribution in [2.24, 2.45) is 5.10 Å². The molecule has 3 aromatic rings. The van der Waals surface area contributed by atoms with Crippen LogP contribution in [-0.4, -0.2) is 38.9 Å². The smallest absolute Gasteiger partial charge is 0.434 e. The third-order valence-corrected chi connectivity index (χ3v) is 4.30. The van der Waals surface area contributed by atoms with Gasteiger partial charge in [0.25, 0.3) is 5.69 Å². The standard InChI is InChI=1S/C18H18ClN3O4.C2H2N2O2/c1-12(2)26-17-8-5-14(9-16(17)19)18-20-21(11-25-18)10-13-3-6-15(7-4-13)22(23)24;5-2-4-3-1-6-2/h3-9,12H,10-11H2,1-2H3;1H,(H,4,5). The third-order valence-electron chi connectivity index (χ3n) is 4.00. The largest absolute Gasteiger partial charge is 0.489 e. The maximum absolute atomic E-state index is 10.7. The summed E-state index contributed by atoms with van der Waals surface area (Å²) in [7, 11) is 0. The zero-order valence-electron chi connectivity index (χ0n) is 17.2. The summed E-state index contributed by atoms with van der Waals surface area (Å²) in [6.07, 6.45) is 1.08. The number of halogens is 1. The predicted octanol–water partition coefficient (Wildman–Crippen LogP) is 3.55. The lowest BCUT2D eigenvalue weighted by Crippen LogP contribution is -2.14. The number of ether oxygens (including phenoxy) is 2. The van der Waals surface area contributed by atoms with Crippen LogP contribution in [-0.2, 0) is 11.3 Å². The highest BCUT2D eigenvalue weighted by Crippen LogP contribution is 2.28. The van der Waals surface area contributed by atoms with Crippen molar-refractivity contribution in [2.45, 2.75) is 26.5 Å². The van der Waals surface area contributed by atoms with Crippen LogP contribution in [0.2, 0.25) is 5.02 Å². The zero-order chi connectivity index (χ0) is 23.1. The van der Waals surface area contributed by atoms with E-state index in [1.54, 1.807) is 29.3 Å². The summed E-state index contributed by atoms with van der Waals surface area (Å²) in [6.45, 7) is 4.66. The van der Waals surface area contributed by atoms with Crippen LogP contribution in [0.25, 0.3) is 0 Å². The van der Waals surface area contributed by atoms with Gasteiger partial charge in [0.1, 0.15) is 5.75 Å². The highest BCUT2D eigenvalue weighted by Gasteiger charge is 2.19. The molecule has 0 saturated heterocycles. The number of rotatable bonds is 6. The molecular weight excluding hydrogens is 442 g/mol. The van der Waals surface area contributed by atoms with E-state index in [1.807, 2.05) is 25.0 Å². The number of aromatic nitrogens is 2. The predicted molar refractivity (Wildman–Crippen MR) is 115 cm³/mol. The van der Waals surface area contributed by atoms with Crippen molar-refractivity contribution in [3.8, 4) is 5.75 Å². The van der Waals surface area contributed by atoms with Crippen LogP contribution < -0.4 is 10.5 Å². The first-order valence-corrected chi connectivity index (χ1v) is 9.84. The van der Waals surface area contributed by atoms with Crippen LogP contribution in [0, 0.1) is 10.1 Å². The molecule has 168 valence electrons. The number of non-ortho nitro benzene ring substituents is 1. The molecule has 4 rings (SSSR count). The first kappa shape index (κ1) is 22.8.